The molecule has 0 aromatic rings. The summed E-state index contributed by atoms with van der Waals surface area (Å²) in [5, 5.41) is 9.09. The summed E-state index contributed by atoms with van der Waals surface area (Å²) in [4.78, 5) is 12.2. The molecule has 1 rings (SSSR count). The summed E-state index contributed by atoms with van der Waals surface area (Å²) in [6.45, 7) is 2.60. The van der Waals surface area contributed by atoms with Crippen LogP contribution in [0.5, 0.6) is 0 Å². The maximum Gasteiger partial charge on any atom is 0.352 e. The molecule has 0 spiro atoms. The minimum Gasteiger partial charge on any atom is -0.384 e. The van der Waals surface area contributed by atoms with Crippen molar-refractivity contribution in [1.82, 2.24) is 4.90 Å². The minimum absolute atomic E-state index is 0.366. The van der Waals surface area contributed by atoms with Crippen molar-refractivity contribution >= 4 is 5.91 Å². The summed E-state index contributed by atoms with van der Waals surface area (Å²) in [5.74, 6) is -4.96. The molecule has 0 aromatic heterocycles. The molecule has 1 N–H and O–H groups in total. The Balaban J connectivity index is 2.73. The molecule has 0 atom stereocenters. The largest absolute Gasteiger partial charge is 0.384 e. The smallest absolute Gasteiger partial charge is 0.352 e. The van der Waals surface area contributed by atoms with Gasteiger partial charge in [-0.25, -0.2) is 0 Å². The van der Waals surface area contributed by atoms with Crippen molar-refractivity contribution in [2.24, 2.45) is 0 Å². The number of amides is 1. The van der Waals surface area contributed by atoms with Gasteiger partial charge < -0.3 is 10.0 Å². The Hall–Kier alpha value is -0.710. The van der Waals surface area contributed by atoms with Crippen molar-refractivity contribution in [1.29, 1.82) is 0 Å². The van der Waals surface area contributed by atoms with Gasteiger partial charge in [0.15, 0.2) is 0 Å². The molecule has 3 nitrogen and oxygen atoms in total. The van der Waals surface area contributed by atoms with E-state index in [-0.39, 0.29) is 0 Å². The lowest BCUT2D eigenvalue weighted by Gasteiger charge is -2.37. The Labute approximate surface area is 75.3 Å². The zero-order chi connectivity index (χ0) is 10.3. The number of rotatable bonds is 2. The first kappa shape index (κ1) is 10.4. The molecule has 1 aliphatic rings. The quantitative estimate of drug-likeness (QED) is 0.698. The van der Waals surface area contributed by atoms with Gasteiger partial charge in [0, 0.05) is 13.1 Å². The zero-order valence-electron chi connectivity index (χ0n) is 7.68. The van der Waals surface area contributed by atoms with E-state index >= 15 is 0 Å². The fourth-order valence-electron chi connectivity index (χ4n) is 0.980. The molecule has 5 heteroatoms. The van der Waals surface area contributed by atoms with E-state index in [1.165, 1.54) is 0 Å². The predicted molar refractivity (Wildman–Crippen MR) is 42.4 cm³/mol. The van der Waals surface area contributed by atoms with E-state index in [9.17, 15) is 13.6 Å². The Morgan fingerprint density at radius 1 is 1.38 bits per heavy atom. The second-order valence-corrected chi connectivity index (χ2v) is 3.78. The van der Waals surface area contributed by atoms with E-state index in [4.69, 9.17) is 5.11 Å². The molecule has 76 valence electrons. The number of likely N-dealkylation sites (tertiary alicyclic amines) is 1. The number of alkyl halides is 2. The third-order valence-electron chi connectivity index (χ3n) is 2.18. The molecule has 0 aromatic carbocycles. The highest BCUT2D eigenvalue weighted by Crippen LogP contribution is 2.31. The Kier molecular flexibility index (Phi) is 2.32. The van der Waals surface area contributed by atoms with Crippen molar-refractivity contribution in [2.75, 3.05) is 13.1 Å². The van der Waals surface area contributed by atoms with Gasteiger partial charge in [-0.1, -0.05) is 0 Å². The zero-order valence-corrected chi connectivity index (χ0v) is 7.68. The molecule has 1 amide bonds. The normalized spacial score (nSPS) is 18.4. The lowest BCUT2D eigenvalue weighted by Crippen LogP contribution is -2.58. The van der Waals surface area contributed by atoms with Gasteiger partial charge in [-0.3, -0.25) is 4.79 Å². The van der Waals surface area contributed by atoms with E-state index in [1.807, 2.05) is 0 Å². The van der Waals surface area contributed by atoms with Crippen LogP contribution in [0, 0.1) is 0 Å². The fraction of sp³-hybridized carbons (Fsp3) is 0.875. The average Bonchev–Trinajstić information content (AvgIpc) is 1.80. The highest BCUT2D eigenvalue weighted by atomic mass is 19.3. The summed E-state index contributed by atoms with van der Waals surface area (Å²) < 4.78 is 26.3. The maximum absolute atomic E-state index is 13.2. The second-order valence-electron chi connectivity index (χ2n) is 3.78. The highest BCUT2D eigenvalue weighted by molar-refractivity contribution is 5.85. The number of nitrogens with zero attached hydrogens (tertiary/aromatic N) is 1. The first-order valence-electron chi connectivity index (χ1n) is 4.16. The maximum atomic E-state index is 13.2. The van der Waals surface area contributed by atoms with Crippen molar-refractivity contribution in [3.05, 3.63) is 0 Å². The van der Waals surface area contributed by atoms with Crippen molar-refractivity contribution in [3.63, 3.8) is 0 Å². The molecule has 1 heterocycles. The van der Waals surface area contributed by atoms with Crippen LogP contribution in [0.25, 0.3) is 0 Å². The van der Waals surface area contributed by atoms with Gasteiger partial charge in [-0.2, -0.15) is 8.78 Å². The van der Waals surface area contributed by atoms with Crippen LogP contribution in [0.3, 0.4) is 0 Å². The lowest BCUT2D eigenvalue weighted by atomic mass is 9.98. The molecule has 0 unspecified atom stereocenters. The second kappa shape index (κ2) is 2.90. The summed E-state index contributed by atoms with van der Waals surface area (Å²) in [7, 11) is 0. The molecule has 1 saturated heterocycles. The third-order valence-corrected chi connectivity index (χ3v) is 2.18. The third kappa shape index (κ3) is 1.65. The number of aliphatic hydroxyl groups is 1. The first-order chi connectivity index (χ1) is 5.77. The van der Waals surface area contributed by atoms with E-state index in [2.05, 4.69) is 0 Å². The monoisotopic (exact) mass is 193 g/mol. The van der Waals surface area contributed by atoms with Gasteiger partial charge in [0.1, 0.15) is 5.60 Å². The van der Waals surface area contributed by atoms with Crippen LogP contribution < -0.4 is 0 Å². The Morgan fingerprint density at radius 3 is 2.08 bits per heavy atom. The number of hydrogen-bond acceptors (Lipinski definition) is 2. The molecular weight excluding hydrogens is 180 g/mol. The van der Waals surface area contributed by atoms with Gasteiger partial charge in [0.25, 0.3) is 5.91 Å². The summed E-state index contributed by atoms with van der Waals surface area (Å²) in [6, 6.07) is 0. The van der Waals surface area contributed by atoms with Gasteiger partial charge in [-0.15, -0.1) is 0 Å². The number of carbonyl (C=O) groups is 1. The van der Waals surface area contributed by atoms with E-state index in [0.29, 0.717) is 13.1 Å². The Morgan fingerprint density at radius 2 is 1.85 bits per heavy atom. The summed E-state index contributed by atoms with van der Waals surface area (Å²) >= 11 is 0. The summed E-state index contributed by atoms with van der Waals surface area (Å²) in [6.07, 6.45) is 0.758. The van der Waals surface area contributed by atoms with Crippen molar-refractivity contribution < 1.29 is 18.7 Å². The molecule has 0 radical (unpaired) electrons. The van der Waals surface area contributed by atoms with Crippen LogP contribution in [0.4, 0.5) is 8.78 Å². The molecule has 0 bridgehead atoms. The molecule has 13 heavy (non-hydrogen) atoms. The molecule has 1 aliphatic heterocycles. The van der Waals surface area contributed by atoms with Crippen LogP contribution in [0.15, 0.2) is 0 Å². The highest BCUT2D eigenvalue weighted by Gasteiger charge is 2.54. The van der Waals surface area contributed by atoms with Crippen molar-refractivity contribution in [3.8, 4) is 0 Å². The SMILES string of the molecule is CC(C)(O)C(F)(F)C(=O)N1CCC1. The van der Waals surface area contributed by atoms with Gasteiger partial charge >= 0.3 is 5.92 Å². The van der Waals surface area contributed by atoms with Crippen LogP contribution >= 0.6 is 0 Å². The van der Waals surface area contributed by atoms with Gasteiger partial charge in [0.05, 0.1) is 0 Å². The predicted octanol–water partition coefficient (Wildman–Crippen LogP) is 0.625. The first-order valence-corrected chi connectivity index (χ1v) is 4.16. The molecular formula is C8H13F2NO2. The molecule has 1 fully saturated rings. The Bertz CT molecular complexity index is 219. The lowest BCUT2D eigenvalue weighted by molar-refractivity contribution is -0.196. The van der Waals surface area contributed by atoms with Crippen LogP contribution in [0.2, 0.25) is 0 Å². The standard InChI is InChI=1S/C8H13F2NO2/c1-7(2,13)8(9,10)6(12)11-4-3-5-11/h13H,3-5H2,1-2H3. The number of hydrogen-bond donors (Lipinski definition) is 1. The van der Waals surface area contributed by atoms with Crippen LogP contribution in [-0.4, -0.2) is 40.5 Å². The average molecular weight is 193 g/mol. The molecule has 0 aliphatic carbocycles. The minimum atomic E-state index is -3.69. The molecule has 0 saturated carbocycles. The summed E-state index contributed by atoms with van der Waals surface area (Å²) in [5.41, 5.74) is -2.29. The number of halogens is 2. The van der Waals surface area contributed by atoms with Crippen LogP contribution in [-0.2, 0) is 4.79 Å². The fourth-order valence-corrected chi connectivity index (χ4v) is 0.980. The van der Waals surface area contributed by atoms with E-state index in [0.717, 1.165) is 25.2 Å². The van der Waals surface area contributed by atoms with E-state index < -0.39 is 17.4 Å². The van der Waals surface area contributed by atoms with Gasteiger partial charge in [0.2, 0.25) is 0 Å². The van der Waals surface area contributed by atoms with Crippen LogP contribution in [0.1, 0.15) is 20.3 Å². The van der Waals surface area contributed by atoms with Gasteiger partial charge in [-0.05, 0) is 20.3 Å². The van der Waals surface area contributed by atoms with E-state index in [1.54, 1.807) is 0 Å². The van der Waals surface area contributed by atoms with Crippen molar-refractivity contribution in [2.45, 2.75) is 31.8 Å². The number of carbonyl (C=O) groups excluding carboxylic acids is 1. The topological polar surface area (TPSA) is 40.5 Å².